The summed E-state index contributed by atoms with van der Waals surface area (Å²) >= 11 is 0. The van der Waals surface area contributed by atoms with Crippen LogP contribution in [-0.4, -0.2) is 5.91 Å². The Morgan fingerprint density at radius 3 is 2.20 bits per heavy atom. The number of nitrogens with zero attached hydrogens (tertiary/aromatic N) is 1. The molecule has 0 spiro atoms. The summed E-state index contributed by atoms with van der Waals surface area (Å²) in [4.78, 5) is 12.9. The number of allylic oxidation sites excluding steroid dienone is 1. The Kier molecular flexibility index (Phi) is 7.43. The number of aryl methyl sites for hydroxylation is 1. The van der Waals surface area contributed by atoms with Crippen molar-refractivity contribution in [2.45, 2.75) is 13.3 Å². The maximum atomic E-state index is 12.9. The topological polar surface area (TPSA) is 83.1 Å². The highest BCUT2D eigenvalue weighted by Crippen LogP contribution is 2.25. The molecule has 4 rings (SSSR count). The molecule has 1 aromatic heterocycles. The SMILES string of the molecule is CC/C=C(/Nc1ccc(NC(=O)c2cccc(Nc3cc[n+](C)cc3)c2)cc1)c1ccccc1N. The van der Waals surface area contributed by atoms with Crippen molar-refractivity contribution in [1.82, 2.24) is 0 Å². The molecule has 0 fully saturated rings. The molecule has 6 nitrogen and oxygen atoms in total. The second-order valence-corrected chi connectivity index (χ2v) is 8.23. The van der Waals surface area contributed by atoms with Gasteiger partial charge in [0.05, 0.1) is 5.69 Å². The molecule has 0 saturated heterocycles. The van der Waals surface area contributed by atoms with E-state index in [-0.39, 0.29) is 5.91 Å². The fourth-order valence-electron chi connectivity index (χ4n) is 3.66. The molecule has 0 aliphatic heterocycles. The van der Waals surface area contributed by atoms with Crippen molar-refractivity contribution in [2.75, 3.05) is 21.7 Å². The Hall–Kier alpha value is -4.58. The van der Waals surface area contributed by atoms with E-state index in [0.717, 1.165) is 46.1 Å². The summed E-state index contributed by atoms with van der Waals surface area (Å²) in [6, 6.07) is 26.8. The van der Waals surface area contributed by atoms with Crippen LogP contribution in [0.25, 0.3) is 5.70 Å². The Morgan fingerprint density at radius 2 is 1.51 bits per heavy atom. The number of hydrogen-bond donors (Lipinski definition) is 4. The fourth-order valence-corrected chi connectivity index (χ4v) is 3.66. The lowest BCUT2D eigenvalue weighted by molar-refractivity contribution is -0.671. The van der Waals surface area contributed by atoms with Gasteiger partial charge in [-0.2, -0.15) is 0 Å². The zero-order valence-electron chi connectivity index (χ0n) is 20.0. The number of aromatic nitrogens is 1. The molecule has 5 N–H and O–H groups in total. The van der Waals surface area contributed by atoms with Crippen LogP contribution in [0.5, 0.6) is 0 Å². The maximum Gasteiger partial charge on any atom is 0.255 e. The zero-order chi connectivity index (χ0) is 24.6. The number of anilines is 5. The lowest BCUT2D eigenvalue weighted by atomic mass is 10.1. The molecule has 1 heterocycles. The maximum absolute atomic E-state index is 12.9. The average molecular weight is 465 g/mol. The van der Waals surface area contributed by atoms with Crippen LogP contribution in [-0.2, 0) is 7.05 Å². The van der Waals surface area contributed by atoms with Gasteiger partial charge in [-0.05, 0) is 55.0 Å². The number of nitrogens with one attached hydrogen (secondary N) is 3. The van der Waals surface area contributed by atoms with Gasteiger partial charge in [0.25, 0.3) is 5.91 Å². The van der Waals surface area contributed by atoms with Gasteiger partial charge < -0.3 is 21.7 Å². The summed E-state index contributed by atoms with van der Waals surface area (Å²) in [6.45, 7) is 2.09. The first-order valence-electron chi connectivity index (χ1n) is 11.6. The highest BCUT2D eigenvalue weighted by atomic mass is 16.1. The molecule has 0 bridgehead atoms. The minimum Gasteiger partial charge on any atom is -0.398 e. The predicted molar refractivity (Wildman–Crippen MR) is 144 cm³/mol. The summed E-state index contributed by atoms with van der Waals surface area (Å²) in [6.07, 6.45) is 6.92. The van der Waals surface area contributed by atoms with Crippen LogP contribution in [0, 0.1) is 0 Å². The third-order valence-electron chi connectivity index (χ3n) is 5.47. The smallest absolute Gasteiger partial charge is 0.255 e. The molecule has 0 atom stereocenters. The monoisotopic (exact) mass is 464 g/mol. The molecule has 1 amide bonds. The van der Waals surface area contributed by atoms with Crippen molar-refractivity contribution in [1.29, 1.82) is 0 Å². The number of benzene rings is 3. The van der Waals surface area contributed by atoms with Crippen LogP contribution in [0.1, 0.15) is 29.3 Å². The third-order valence-corrected chi connectivity index (χ3v) is 5.47. The molecule has 0 saturated carbocycles. The lowest BCUT2D eigenvalue weighted by Crippen LogP contribution is -2.25. The first kappa shape index (κ1) is 23.6. The molecule has 0 unspecified atom stereocenters. The standard InChI is InChI=1S/C29H29N5O/c1-3-7-28(26-10-4-5-11-27(26)30)32-22-12-14-23(15-13-22)33-29(35)21-8-6-9-25(20-21)31-24-16-18-34(2)19-17-24/h4-20,32H,3,30H2,1-2H3,(H,33,35)/p+1/b28-7+. The van der Waals surface area contributed by atoms with Crippen LogP contribution in [0.15, 0.2) is 103 Å². The Morgan fingerprint density at radius 1 is 0.829 bits per heavy atom. The van der Waals surface area contributed by atoms with Gasteiger partial charge in [0.15, 0.2) is 12.4 Å². The normalized spacial score (nSPS) is 11.1. The summed E-state index contributed by atoms with van der Waals surface area (Å²) in [7, 11) is 1.97. The molecule has 35 heavy (non-hydrogen) atoms. The van der Waals surface area contributed by atoms with Gasteiger partial charge in [-0.1, -0.05) is 37.3 Å². The van der Waals surface area contributed by atoms with E-state index in [4.69, 9.17) is 5.73 Å². The zero-order valence-corrected chi connectivity index (χ0v) is 20.0. The molecule has 176 valence electrons. The Balaban J connectivity index is 1.42. The van der Waals surface area contributed by atoms with Crippen LogP contribution < -0.4 is 26.3 Å². The number of carbonyl (C=O) groups excluding carboxylic acids is 1. The van der Waals surface area contributed by atoms with Crippen LogP contribution in [0.4, 0.5) is 28.4 Å². The third kappa shape index (κ3) is 6.26. The number of nitrogens with two attached hydrogens (primary N) is 1. The van der Waals surface area contributed by atoms with E-state index in [1.807, 2.05) is 103 Å². The minimum absolute atomic E-state index is 0.169. The molecular weight excluding hydrogens is 434 g/mol. The van der Waals surface area contributed by atoms with Gasteiger partial charge in [0, 0.05) is 51.7 Å². The second kappa shape index (κ2) is 11.0. The molecule has 0 aliphatic carbocycles. The number of rotatable bonds is 8. The van der Waals surface area contributed by atoms with Crippen molar-refractivity contribution >= 4 is 40.0 Å². The van der Waals surface area contributed by atoms with Crippen molar-refractivity contribution in [3.05, 3.63) is 115 Å². The van der Waals surface area contributed by atoms with Gasteiger partial charge >= 0.3 is 0 Å². The van der Waals surface area contributed by atoms with Crippen molar-refractivity contribution in [3.8, 4) is 0 Å². The molecule has 3 aromatic carbocycles. The van der Waals surface area contributed by atoms with Crippen LogP contribution in [0.3, 0.4) is 0 Å². The van der Waals surface area contributed by atoms with Gasteiger partial charge in [-0.15, -0.1) is 0 Å². The molecule has 4 aromatic rings. The van der Waals surface area contributed by atoms with E-state index in [1.54, 1.807) is 6.07 Å². The number of carbonyl (C=O) groups is 1. The highest BCUT2D eigenvalue weighted by Gasteiger charge is 2.09. The summed E-state index contributed by atoms with van der Waals surface area (Å²) in [5.74, 6) is -0.169. The summed E-state index contributed by atoms with van der Waals surface area (Å²) < 4.78 is 1.97. The van der Waals surface area contributed by atoms with E-state index in [1.165, 1.54) is 0 Å². The molecule has 0 radical (unpaired) electrons. The first-order chi connectivity index (χ1) is 17.0. The average Bonchev–Trinajstić information content (AvgIpc) is 2.87. The van der Waals surface area contributed by atoms with Gasteiger partial charge in [0.2, 0.25) is 0 Å². The summed E-state index contributed by atoms with van der Waals surface area (Å²) in [5, 5.41) is 9.74. The van der Waals surface area contributed by atoms with Gasteiger partial charge in [-0.25, -0.2) is 4.57 Å². The quantitative estimate of drug-likeness (QED) is 0.192. The van der Waals surface area contributed by atoms with E-state index in [9.17, 15) is 4.79 Å². The minimum atomic E-state index is -0.169. The first-order valence-corrected chi connectivity index (χ1v) is 11.6. The van der Waals surface area contributed by atoms with E-state index in [2.05, 4.69) is 29.0 Å². The highest BCUT2D eigenvalue weighted by molar-refractivity contribution is 6.05. The van der Waals surface area contributed by atoms with Crippen LogP contribution >= 0.6 is 0 Å². The lowest BCUT2D eigenvalue weighted by Gasteiger charge is -2.14. The number of para-hydroxylation sites is 1. The number of amides is 1. The number of pyridine rings is 1. The molecular formula is C29H30N5O+. The van der Waals surface area contributed by atoms with Gasteiger partial charge in [0.1, 0.15) is 7.05 Å². The van der Waals surface area contributed by atoms with Gasteiger partial charge in [-0.3, -0.25) is 4.79 Å². The number of hydrogen-bond acceptors (Lipinski definition) is 4. The van der Waals surface area contributed by atoms with Crippen molar-refractivity contribution in [3.63, 3.8) is 0 Å². The van der Waals surface area contributed by atoms with E-state index < -0.39 is 0 Å². The van der Waals surface area contributed by atoms with Crippen molar-refractivity contribution in [2.24, 2.45) is 7.05 Å². The number of nitrogen functional groups attached to an aromatic ring is 1. The summed E-state index contributed by atoms with van der Waals surface area (Å²) in [5.41, 5.74) is 12.8. The van der Waals surface area contributed by atoms with Crippen LogP contribution in [0.2, 0.25) is 0 Å². The fraction of sp³-hybridized carbons (Fsp3) is 0.103. The Labute approximate surface area is 206 Å². The molecule has 0 aliphatic rings. The largest absolute Gasteiger partial charge is 0.398 e. The predicted octanol–water partition coefficient (Wildman–Crippen LogP) is 5.95. The second-order valence-electron chi connectivity index (χ2n) is 8.23. The van der Waals surface area contributed by atoms with E-state index >= 15 is 0 Å². The van der Waals surface area contributed by atoms with Crippen molar-refractivity contribution < 1.29 is 9.36 Å². The van der Waals surface area contributed by atoms with E-state index in [0.29, 0.717) is 5.56 Å². The molecule has 6 heteroatoms. The Bertz CT molecular complexity index is 1330.